The Kier molecular flexibility index (Phi) is 9.78. The summed E-state index contributed by atoms with van der Waals surface area (Å²) in [7, 11) is -1.76. The zero-order chi connectivity index (χ0) is 28.9. The van der Waals surface area contributed by atoms with Gasteiger partial charge in [-0.05, 0) is 71.3 Å². The number of nitrogens with one attached hydrogen (secondary N) is 1. The molecule has 40 heavy (non-hydrogen) atoms. The Hall–Kier alpha value is -2.65. The van der Waals surface area contributed by atoms with Gasteiger partial charge in [0.25, 0.3) is 0 Å². The molecule has 218 valence electrons. The minimum Gasteiger partial charge on any atom is -0.447 e. The minimum atomic E-state index is -1.76. The molecule has 2 bridgehead atoms. The molecule has 11 heteroatoms. The Morgan fingerprint density at radius 3 is 2.60 bits per heavy atom. The van der Waals surface area contributed by atoms with Crippen LogP contribution in [0, 0.1) is 17.2 Å². The van der Waals surface area contributed by atoms with Crippen molar-refractivity contribution >= 4 is 19.1 Å². The van der Waals surface area contributed by atoms with Crippen LogP contribution in [0.1, 0.15) is 64.9 Å². The zero-order valence-corrected chi connectivity index (χ0v) is 23.9. The quantitative estimate of drug-likeness (QED) is 0.355. The van der Waals surface area contributed by atoms with E-state index < -0.39 is 30.6 Å². The third-order valence-electron chi connectivity index (χ3n) is 9.03. The molecule has 10 nitrogen and oxygen atoms in total. The van der Waals surface area contributed by atoms with Gasteiger partial charge in [0.2, 0.25) is 5.91 Å². The topological polar surface area (TPSA) is 135 Å². The summed E-state index contributed by atoms with van der Waals surface area (Å²) in [6, 6.07) is 11.5. The number of carbonyl (C=O) groups is 2. The summed E-state index contributed by atoms with van der Waals surface area (Å²) < 4.78 is 11.3. The lowest BCUT2D eigenvalue weighted by Crippen LogP contribution is -2.53. The van der Waals surface area contributed by atoms with Crippen LogP contribution in [0.25, 0.3) is 0 Å². The van der Waals surface area contributed by atoms with E-state index in [-0.39, 0.29) is 36.6 Å². The van der Waals surface area contributed by atoms with Crippen molar-refractivity contribution in [3.05, 3.63) is 35.9 Å². The van der Waals surface area contributed by atoms with Crippen molar-refractivity contribution in [1.82, 2.24) is 15.1 Å². The number of benzene rings is 1. The second-order valence-electron chi connectivity index (χ2n) is 12.3. The average Bonchev–Trinajstić information content (AvgIpc) is 3.48. The fourth-order valence-corrected chi connectivity index (χ4v) is 6.58. The van der Waals surface area contributed by atoms with Gasteiger partial charge in [-0.15, -0.1) is 0 Å². The van der Waals surface area contributed by atoms with E-state index in [4.69, 9.17) is 9.47 Å². The van der Waals surface area contributed by atoms with Crippen molar-refractivity contribution < 1.29 is 29.1 Å². The molecule has 4 rings (SSSR count). The Labute approximate surface area is 237 Å². The van der Waals surface area contributed by atoms with Gasteiger partial charge in [-0.2, -0.15) is 5.26 Å². The highest BCUT2D eigenvalue weighted by atomic mass is 16.6. The van der Waals surface area contributed by atoms with E-state index in [1.807, 2.05) is 35.2 Å². The smallest absolute Gasteiger partial charge is 0.447 e. The molecule has 3 aliphatic rings. The molecule has 0 aromatic heterocycles. The molecular formula is C29H43BN4O6. The maximum absolute atomic E-state index is 13.8. The van der Waals surface area contributed by atoms with Gasteiger partial charge in [-0.3, -0.25) is 9.69 Å². The summed E-state index contributed by atoms with van der Waals surface area (Å²) >= 11 is 0. The first kappa shape index (κ1) is 30.3. The molecule has 3 fully saturated rings. The number of nitriles is 1. The number of ether oxygens (including phenoxy) is 2. The Bertz CT molecular complexity index is 1060. The summed E-state index contributed by atoms with van der Waals surface area (Å²) in [5.41, 5.74) is 0.0551. The standard InChI is InChI=1S/C29H43BN4O6/c1-21-19-33(15-16-39-21)28(2,3)12-9-23(18-31)26(35)34-24-10-13-29(34,14-11-24)20-40-27(36)32-25(30(37)38)17-22-7-5-4-6-8-22/h4-8,21,23-25,37-38H,9-17,19-20H2,1-3H3,(H,32,36)/t21-,23?,24?,25+,29?/m1/s1. The summed E-state index contributed by atoms with van der Waals surface area (Å²) in [5, 5.41) is 32.2. The fourth-order valence-electron chi connectivity index (χ4n) is 6.58. The molecule has 0 radical (unpaired) electrons. The van der Waals surface area contributed by atoms with Crippen molar-refractivity contribution in [2.75, 3.05) is 26.3 Å². The SMILES string of the molecule is C[C@@H]1CN(C(C)(C)CCC(C#N)C(=O)N2C3CCC2(COC(=O)N[C@@H](Cc2ccccc2)B(O)O)CC3)CCO1. The second kappa shape index (κ2) is 12.9. The van der Waals surface area contributed by atoms with Crippen LogP contribution >= 0.6 is 0 Å². The Morgan fingerprint density at radius 2 is 1.98 bits per heavy atom. The molecule has 0 aliphatic carbocycles. The molecule has 3 heterocycles. The average molecular weight is 554 g/mol. The van der Waals surface area contributed by atoms with Gasteiger partial charge in [-0.1, -0.05) is 30.3 Å². The summed E-state index contributed by atoms with van der Waals surface area (Å²) in [4.78, 5) is 30.7. The number of hydrogen-bond donors (Lipinski definition) is 3. The van der Waals surface area contributed by atoms with Crippen molar-refractivity contribution in [2.24, 2.45) is 5.92 Å². The van der Waals surface area contributed by atoms with Gasteiger partial charge in [0.15, 0.2) is 0 Å². The normalized spacial score (nSPS) is 26.1. The van der Waals surface area contributed by atoms with Crippen LogP contribution in [0.4, 0.5) is 4.79 Å². The number of fused-ring (bicyclic) bond motifs is 2. The first-order valence-corrected chi connectivity index (χ1v) is 14.5. The number of morpholine rings is 1. The molecule has 0 saturated carbocycles. The largest absolute Gasteiger partial charge is 0.475 e. The number of carbonyl (C=O) groups excluding carboxylic acids is 2. The van der Waals surface area contributed by atoms with E-state index in [1.165, 1.54) is 0 Å². The number of amides is 2. The molecule has 1 aromatic rings. The van der Waals surface area contributed by atoms with E-state index in [0.717, 1.165) is 31.5 Å². The number of rotatable bonds is 11. The van der Waals surface area contributed by atoms with Crippen molar-refractivity contribution in [3.63, 3.8) is 0 Å². The minimum absolute atomic E-state index is 0.00988. The van der Waals surface area contributed by atoms with E-state index in [2.05, 4.69) is 37.1 Å². The lowest BCUT2D eigenvalue weighted by atomic mass is 9.76. The van der Waals surface area contributed by atoms with E-state index in [0.29, 0.717) is 32.3 Å². The van der Waals surface area contributed by atoms with Gasteiger partial charge < -0.3 is 29.7 Å². The first-order valence-electron chi connectivity index (χ1n) is 14.5. The molecule has 2 amide bonds. The van der Waals surface area contributed by atoms with Crippen LogP contribution in [-0.4, -0.2) is 94.4 Å². The third-order valence-corrected chi connectivity index (χ3v) is 9.03. The molecule has 3 atom stereocenters. The molecule has 0 spiro atoms. The molecule has 1 aromatic carbocycles. The number of nitrogens with zero attached hydrogens (tertiary/aromatic N) is 3. The van der Waals surface area contributed by atoms with Crippen molar-refractivity contribution in [3.8, 4) is 6.07 Å². The van der Waals surface area contributed by atoms with Crippen molar-refractivity contribution in [1.29, 1.82) is 5.26 Å². The summed E-state index contributed by atoms with van der Waals surface area (Å²) in [6.45, 7) is 8.73. The van der Waals surface area contributed by atoms with Gasteiger partial charge in [0, 0.05) is 24.7 Å². The number of alkyl carbamates (subject to hydrolysis) is 1. The molecule has 3 aliphatic heterocycles. The zero-order valence-electron chi connectivity index (χ0n) is 23.9. The fraction of sp³-hybridized carbons (Fsp3) is 0.690. The van der Waals surface area contributed by atoms with E-state index in [9.17, 15) is 24.9 Å². The highest BCUT2D eigenvalue weighted by Crippen LogP contribution is 2.47. The number of hydrogen-bond acceptors (Lipinski definition) is 8. The van der Waals surface area contributed by atoms with Crippen LogP contribution in [-0.2, 0) is 20.7 Å². The highest BCUT2D eigenvalue weighted by Gasteiger charge is 2.55. The van der Waals surface area contributed by atoms with Gasteiger partial charge in [-0.25, -0.2) is 4.79 Å². The monoisotopic (exact) mass is 554 g/mol. The van der Waals surface area contributed by atoms with Crippen LogP contribution in [0.15, 0.2) is 30.3 Å². The molecule has 3 N–H and O–H groups in total. The van der Waals surface area contributed by atoms with Crippen LogP contribution in [0.5, 0.6) is 0 Å². The van der Waals surface area contributed by atoms with Crippen molar-refractivity contribution in [2.45, 2.75) is 94.9 Å². The van der Waals surface area contributed by atoms with Gasteiger partial charge >= 0.3 is 13.2 Å². The molecular weight excluding hydrogens is 511 g/mol. The van der Waals surface area contributed by atoms with E-state index in [1.54, 1.807) is 0 Å². The van der Waals surface area contributed by atoms with Gasteiger partial charge in [0.05, 0.1) is 30.3 Å². The highest BCUT2D eigenvalue weighted by molar-refractivity contribution is 6.43. The molecule has 3 saturated heterocycles. The maximum atomic E-state index is 13.8. The van der Waals surface area contributed by atoms with Crippen LogP contribution in [0.3, 0.4) is 0 Å². The molecule has 1 unspecified atom stereocenters. The Balaban J connectivity index is 1.35. The summed E-state index contributed by atoms with van der Waals surface area (Å²) in [5.74, 6) is -1.87. The lowest BCUT2D eigenvalue weighted by molar-refractivity contribution is -0.139. The third kappa shape index (κ3) is 6.97. The van der Waals surface area contributed by atoms with Crippen LogP contribution < -0.4 is 5.32 Å². The summed E-state index contributed by atoms with van der Waals surface area (Å²) in [6.07, 6.45) is 3.86. The predicted molar refractivity (Wildman–Crippen MR) is 150 cm³/mol. The maximum Gasteiger partial charge on any atom is 0.475 e. The lowest BCUT2D eigenvalue weighted by Gasteiger charge is -2.43. The first-order chi connectivity index (χ1) is 19.0. The predicted octanol–water partition coefficient (Wildman–Crippen LogP) is 2.28. The Morgan fingerprint density at radius 1 is 1.27 bits per heavy atom. The second-order valence-corrected chi connectivity index (χ2v) is 12.3. The van der Waals surface area contributed by atoms with Gasteiger partial charge in [0.1, 0.15) is 12.5 Å². The van der Waals surface area contributed by atoms with Crippen LogP contribution in [0.2, 0.25) is 0 Å². The van der Waals surface area contributed by atoms with E-state index >= 15 is 0 Å².